The van der Waals surface area contributed by atoms with Crippen LogP contribution in [0.25, 0.3) is 43.5 Å². The second-order valence-corrected chi connectivity index (χ2v) is 12.8. The molecule has 0 fully saturated rings. The highest BCUT2D eigenvalue weighted by Gasteiger charge is 2.24. The van der Waals surface area contributed by atoms with E-state index < -0.39 is 0 Å². The van der Waals surface area contributed by atoms with Crippen molar-refractivity contribution in [3.63, 3.8) is 0 Å². The Morgan fingerprint density at radius 3 is 1.37 bits per heavy atom. The summed E-state index contributed by atoms with van der Waals surface area (Å²) in [6, 6.07) is 60.6. The third kappa shape index (κ3) is 4.90. The van der Waals surface area contributed by atoms with Crippen LogP contribution in [-0.4, -0.2) is 0 Å². The number of furan rings is 1. The number of hydrogen-bond donors (Lipinski definition) is 0. The fourth-order valence-corrected chi connectivity index (χ4v) is 7.34. The molecule has 0 amide bonds. The Morgan fingerprint density at radius 1 is 0.367 bits per heavy atom. The molecule has 0 unspecified atom stereocenters. The van der Waals surface area contributed by atoms with E-state index in [0.29, 0.717) is 0 Å². The van der Waals surface area contributed by atoms with Crippen LogP contribution in [0.4, 0.5) is 34.1 Å². The Morgan fingerprint density at radius 2 is 0.816 bits per heavy atom. The van der Waals surface area contributed by atoms with E-state index in [0.717, 1.165) is 77.6 Å². The van der Waals surface area contributed by atoms with Gasteiger partial charge in [-0.05, 0) is 85.0 Å². The van der Waals surface area contributed by atoms with Gasteiger partial charge in [0.15, 0.2) is 0 Å². The molecule has 9 aromatic rings. The minimum absolute atomic E-state index is 0.862. The number of benzene rings is 8. The van der Waals surface area contributed by atoms with Gasteiger partial charge in [0.05, 0.1) is 11.4 Å². The molecule has 3 nitrogen and oxygen atoms in total. The first-order valence-electron chi connectivity index (χ1n) is 16.8. The normalized spacial score (nSPS) is 11.5. The molecule has 0 atom stereocenters. The number of para-hydroxylation sites is 2. The van der Waals surface area contributed by atoms with Crippen LogP contribution in [0, 0.1) is 13.8 Å². The second kappa shape index (κ2) is 11.7. The largest absolute Gasteiger partial charge is 0.455 e. The predicted molar refractivity (Wildman–Crippen MR) is 208 cm³/mol. The minimum Gasteiger partial charge on any atom is -0.455 e. The fraction of sp³-hybridized carbons (Fsp3) is 0.0435. The molecule has 0 radical (unpaired) electrons. The van der Waals surface area contributed by atoms with Crippen LogP contribution in [0.2, 0.25) is 0 Å². The summed E-state index contributed by atoms with van der Waals surface area (Å²) in [5, 5.41) is 6.76. The SMILES string of the molecule is Cc1cccc(N(c2ccccc2)c2cc3c(oc4cc(N(c5ccccc5)c5cccc(C)c5)c5ccccc5c43)c3ccccc23)c1. The molecule has 0 saturated heterocycles. The lowest BCUT2D eigenvalue weighted by Crippen LogP contribution is -2.10. The molecule has 0 bridgehead atoms. The van der Waals surface area contributed by atoms with Gasteiger partial charge in [0.25, 0.3) is 0 Å². The van der Waals surface area contributed by atoms with Gasteiger partial charge >= 0.3 is 0 Å². The average Bonchev–Trinajstić information content (AvgIpc) is 3.52. The van der Waals surface area contributed by atoms with Crippen LogP contribution in [0.15, 0.2) is 174 Å². The molecule has 1 aromatic heterocycles. The van der Waals surface area contributed by atoms with E-state index in [1.807, 2.05) is 0 Å². The van der Waals surface area contributed by atoms with Crippen molar-refractivity contribution in [2.45, 2.75) is 13.8 Å². The van der Waals surface area contributed by atoms with Gasteiger partial charge in [-0.3, -0.25) is 0 Å². The van der Waals surface area contributed by atoms with E-state index in [4.69, 9.17) is 4.42 Å². The summed E-state index contributed by atoms with van der Waals surface area (Å²) in [5.74, 6) is 0. The molecule has 9 rings (SSSR count). The molecule has 0 saturated carbocycles. The first kappa shape index (κ1) is 28.9. The maximum absolute atomic E-state index is 6.98. The lowest BCUT2D eigenvalue weighted by atomic mass is 9.98. The molecule has 234 valence electrons. The molecule has 3 heteroatoms. The van der Waals surface area contributed by atoms with Crippen molar-refractivity contribution in [3.05, 3.63) is 181 Å². The van der Waals surface area contributed by atoms with Gasteiger partial charge in [0.2, 0.25) is 0 Å². The van der Waals surface area contributed by atoms with E-state index >= 15 is 0 Å². The Kier molecular flexibility index (Phi) is 6.91. The summed E-state index contributed by atoms with van der Waals surface area (Å²) in [6.07, 6.45) is 0. The third-order valence-corrected chi connectivity index (χ3v) is 9.47. The number of rotatable bonds is 6. The van der Waals surface area contributed by atoms with Crippen LogP contribution in [-0.2, 0) is 0 Å². The molecular formula is C46H34N2O. The number of nitrogens with zero attached hydrogens (tertiary/aromatic N) is 2. The fourth-order valence-electron chi connectivity index (χ4n) is 7.34. The van der Waals surface area contributed by atoms with Gasteiger partial charge in [-0.25, -0.2) is 0 Å². The Bertz CT molecular complexity index is 2640. The van der Waals surface area contributed by atoms with E-state index in [9.17, 15) is 0 Å². The summed E-state index contributed by atoms with van der Waals surface area (Å²) < 4.78 is 6.98. The van der Waals surface area contributed by atoms with E-state index in [-0.39, 0.29) is 0 Å². The van der Waals surface area contributed by atoms with Crippen molar-refractivity contribution in [3.8, 4) is 0 Å². The van der Waals surface area contributed by atoms with Crippen molar-refractivity contribution in [2.24, 2.45) is 0 Å². The maximum atomic E-state index is 6.98. The number of anilines is 6. The van der Waals surface area contributed by atoms with Crippen molar-refractivity contribution in [1.29, 1.82) is 0 Å². The number of hydrogen-bond acceptors (Lipinski definition) is 3. The molecule has 0 spiro atoms. The van der Waals surface area contributed by atoms with Gasteiger partial charge in [-0.15, -0.1) is 0 Å². The lowest BCUT2D eigenvalue weighted by molar-refractivity contribution is 0.673. The van der Waals surface area contributed by atoms with Gasteiger partial charge in [-0.1, -0.05) is 109 Å². The monoisotopic (exact) mass is 630 g/mol. The molecular weight excluding hydrogens is 597 g/mol. The summed E-state index contributed by atoms with van der Waals surface area (Å²) in [6.45, 7) is 4.29. The zero-order valence-corrected chi connectivity index (χ0v) is 27.5. The molecule has 0 aliphatic rings. The topological polar surface area (TPSA) is 19.6 Å². The van der Waals surface area contributed by atoms with Crippen LogP contribution in [0.1, 0.15) is 11.1 Å². The average molecular weight is 631 g/mol. The Balaban J connectivity index is 1.38. The summed E-state index contributed by atoms with van der Waals surface area (Å²) in [7, 11) is 0. The maximum Gasteiger partial charge on any atom is 0.143 e. The highest BCUT2D eigenvalue weighted by Crippen LogP contribution is 2.48. The van der Waals surface area contributed by atoms with Crippen LogP contribution >= 0.6 is 0 Å². The van der Waals surface area contributed by atoms with E-state index in [1.165, 1.54) is 11.1 Å². The first-order valence-corrected chi connectivity index (χ1v) is 16.8. The summed E-state index contributed by atoms with van der Waals surface area (Å²) in [5.41, 5.74) is 10.8. The van der Waals surface area contributed by atoms with Gasteiger partial charge in [0.1, 0.15) is 11.2 Å². The molecule has 1 heterocycles. The van der Waals surface area contributed by atoms with Crippen molar-refractivity contribution in [2.75, 3.05) is 9.80 Å². The Labute approximate surface area is 285 Å². The number of aryl methyl sites for hydroxylation is 2. The standard InChI is InChI=1S/C46H34N2O/c1-31-15-13-21-35(27-31)47(33-17-5-3-6-18-33)42-29-41-45-39-25-11-9-23-37(39)43(30-44(45)49-46(41)40-26-12-10-24-38(40)42)48(34-19-7-4-8-20-34)36-22-14-16-32(2)28-36/h3-30H,1-2H3. The zero-order valence-electron chi connectivity index (χ0n) is 27.5. The summed E-state index contributed by atoms with van der Waals surface area (Å²) >= 11 is 0. The summed E-state index contributed by atoms with van der Waals surface area (Å²) in [4.78, 5) is 4.72. The molecule has 49 heavy (non-hydrogen) atoms. The predicted octanol–water partition coefficient (Wildman–Crippen LogP) is 13.4. The van der Waals surface area contributed by atoms with Gasteiger partial charge in [0, 0.05) is 55.7 Å². The Hall–Kier alpha value is -6.32. The molecule has 0 aliphatic heterocycles. The van der Waals surface area contributed by atoms with E-state index in [1.54, 1.807) is 0 Å². The highest BCUT2D eigenvalue weighted by molar-refractivity contribution is 6.27. The van der Waals surface area contributed by atoms with Crippen LogP contribution < -0.4 is 9.80 Å². The third-order valence-electron chi connectivity index (χ3n) is 9.47. The quantitative estimate of drug-likeness (QED) is 0.182. The number of fused-ring (bicyclic) bond motifs is 7. The highest BCUT2D eigenvalue weighted by atomic mass is 16.3. The van der Waals surface area contributed by atoms with Crippen molar-refractivity contribution in [1.82, 2.24) is 0 Å². The van der Waals surface area contributed by atoms with Crippen molar-refractivity contribution >= 4 is 77.6 Å². The second-order valence-electron chi connectivity index (χ2n) is 12.8. The van der Waals surface area contributed by atoms with Gasteiger partial charge in [-0.2, -0.15) is 0 Å². The van der Waals surface area contributed by atoms with Crippen LogP contribution in [0.3, 0.4) is 0 Å². The van der Waals surface area contributed by atoms with Crippen molar-refractivity contribution < 1.29 is 4.42 Å². The van der Waals surface area contributed by atoms with Gasteiger partial charge < -0.3 is 14.2 Å². The smallest absolute Gasteiger partial charge is 0.143 e. The lowest BCUT2D eigenvalue weighted by Gasteiger charge is -2.27. The minimum atomic E-state index is 0.862. The van der Waals surface area contributed by atoms with Crippen LogP contribution in [0.5, 0.6) is 0 Å². The molecule has 8 aromatic carbocycles. The van der Waals surface area contributed by atoms with E-state index in [2.05, 4.69) is 194 Å². The first-order chi connectivity index (χ1) is 24.1. The molecule has 0 N–H and O–H groups in total. The molecule has 0 aliphatic carbocycles. The zero-order chi connectivity index (χ0) is 32.9.